The predicted octanol–water partition coefficient (Wildman–Crippen LogP) is 1.36. The van der Waals surface area contributed by atoms with Gasteiger partial charge in [-0.1, -0.05) is 5.92 Å². The van der Waals surface area contributed by atoms with Crippen LogP contribution in [0.2, 0.25) is 0 Å². The van der Waals surface area contributed by atoms with Crippen LogP contribution in [-0.2, 0) is 4.74 Å². The van der Waals surface area contributed by atoms with Gasteiger partial charge in [0.15, 0.2) is 6.07 Å². The molecule has 1 aromatic carbocycles. The molecule has 0 spiro atoms. The van der Waals surface area contributed by atoms with Gasteiger partial charge in [0, 0.05) is 11.5 Å². The van der Waals surface area contributed by atoms with Gasteiger partial charge in [-0.25, -0.2) is 4.79 Å². The minimum absolute atomic E-state index is 0.326. The number of ether oxygens (including phenoxy) is 2. The fourth-order valence-electron chi connectivity index (χ4n) is 1.15. The molecule has 0 aliphatic rings. The maximum Gasteiger partial charge on any atom is 0.341 e. The summed E-state index contributed by atoms with van der Waals surface area (Å²) in [4.78, 5) is 11.3. The molecule has 0 N–H and O–H groups in total. The van der Waals surface area contributed by atoms with Crippen molar-refractivity contribution >= 4 is 5.97 Å². The van der Waals surface area contributed by atoms with Crippen molar-refractivity contribution in [2.45, 2.75) is 0 Å². The molecule has 0 heterocycles. The van der Waals surface area contributed by atoms with Crippen LogP contribution in [0.4, 0.5) is 0 Å². The van der Waals surface area contributed by atoms with Gasteiger partial charge in [-0.2, -0.15) is 5.26 Å². The summed E-state index contributed by atoms with van der Waals surface area (Å²) >= 11 is 0. The minimum atomic E-state index is -0.475. The molecule has 4 nitrogen and oxygen atoms in total. The number of rotatable bonds is 2. The fraction of sp³-hybridized carbons (Fsp3) is 0.167. The van der Waals surface area contributed by atoms with Crippen LogP contribution >= 0.6 is 0 Å². The summed E-state index contributed by atoms with van der Waals surface area (Å²) in [5.41, 5.74) is 0.929. The molecule has 4 heteroatoms. The van der Waals surface area contributed by atoms with Crippen molar-refractivity contribution < 1.29 is 14.3 Å². The molecular formula is C12H9NO3. The first kappa shape index (κ1) is 11.6. The lowest BCUT2D eigenvalue weighted by Crippen LogP contribution is -2.04. The Morgan fingerprint density at radius 1 is 1.38 bits per heavy atom. The lowest BCUT2D eigenvalue weighted by molar-refractivity contribution is 0.0597. The molecule has 1 aromatic rings. The fourth-order valence-corrected chi connectivity index (χ4v) is 1.15. The quantitative estimate of drug-likeness (QED) is 0.552. The first-order valence-corrected chi connectivity index (χ1v) is 4.39. The van der Waals surface area contributed by atoms with Crippen molar-refractivity contribution in [3.63, 3.8) is 0 Å². The standard InChI is InChI=1S/C12H9NO3/c1-15-11-8-9(4-3-7-13)5-6-10(11)12(14)16-2/h5-6,8H,1-2H3. The molecule has 80 valence electrons. The van der Waals surface area contributed by atoms with Crippen LogP contribution in [0.25, 0.3) is 0 Å². The summed E-state index contributed by atoms with van der Waals surface area (Å²) in [6, 6.07) is 6.46. The molecule has 0 aliphatic carbocycles. The third-order valence-corrected chi connectivity index (χ3v) is 1.87. The van der Waals surface area contributed by atoms with E-state index in [0.29, 0.717) is 16.9 Å². The highest BCUT2D eigenvalue weighted by molar-refractivity contribution is 5.92. The van der Waals surface area contributed by atoms with Crippen molar-refractivity contribution in [1.82, 2.24) is 0 Å². The highest BCUT2D eigenvalue weighted by Gasteiger charge is 2.12. The predicted molar refractivity (Wildman–Crippen MR) is 56.8 cm³/mol. The second-order valence-electron chi connectivity index (χ2n) is 2.77. The van der Waals surface area contributed by atoms with Crippen LogP contribution in [0.15, 0.2) is 18.2 Å². The number of hydrogen-bond donors (Lipinski definition) is 0. The van der Waals surface area contributed by atoms with Gasteiger partial charge >= 0.3 is 5.97 Å². The zero-order valence-electron chi connectivity index (χ0n) is 8.90. The van der Waals surface area contributed by atoms with Gasteiger partial charge < -0.3 is 9.47 Å². The van der Waals surface area contributed by atoms with Crippen molar-refractivity contribution in [3.8, 4) is 23.7 Å². The Bertz CT molecular complexity index is 503. The van der Waals surface area contributed by atoms with Crippen molar-refractivity contribution in [3.05, 3.63) is 29.3 Å². The van der Waals surface area contributed by atoms with E-state index in [1.807, 2.05) is 0 Å². The highest BCUT2D eigenvalue weighted by atomic mass is 16.5. The van der Waals surface area contributed by atoms with Gasteiger partial charge in [-0.15, -0.1) is 0 Å². The summed E-state index contributed by atoms with van der Waals surface area (Å²) in [6.07, 6.45) is 0. The van der Waals surface area contributed by atoms with Gasteiger partial charge in [0.1, 0.15) is 11.3 Å². The van der Waals surface area contributed by atoms with Gasteiger partial charge in [-0.3, -0.25) is 0 Å². The van der Waals surface area contributed by atoms with E-state index in [1.54, 1.807) is 24.3 Å². The molecule has 0 amide bonds. The van der Waals surface area contributed by atoms with Crippen molar-refractivity contribution in [1.29, 1.82) is 5.26 Å². The van der Waals surface area contributed by atoms with E-state index >= 15 is 0 Å². The lowest BCUT2D eigenvalue weighted by Gasteiger charge is -2.06. The summed E-state index contributed by atoms with van der Waals surface area (Å²) < 4.78 is 9.63. The van der Waals surface area contributed by atoms with Crippen LogP contribution in [0.5, 0.6) is 5.75 Å². The maximum atomic E-state index is 11.3. The Morgan fingerprint density at radius 2 is 2.12 bits per heavy atom. The molecular weight excluding hydrogens is 206 g/mol. The second-order valence-corrected chi connectivity index (χ2v) is 2.77. The number of carbonyl (C=O) groups excluding carboxylic acids is 1. The number of esters is 1. The Kier molecular flexibility index (Phi) is 3.94. The highest BCUT2D eigenvalue weighted by Crippen LogP contribution is 2.20. The molecule has 1 rings (SSSR count). The number of carbonyl (C=O) groups is 1. The molecule has 0 saturated carbocycles. The van der Waals surface area contributed by atoms with Gasteiger partial charge in [-0.05, 0) is 18.2 Å². The largest absolute Gasteiger partial charge is 0.496 e. The SMILES string of the molecule is COC(=O)c1ccc(C#CC#N)cc1OC. The van der Waals surface area contributed by atoms with E-state index in [1.165, 1.54) is 14.2 Å². The van der Waals surface area contributed by atoms with Crippen molar-refractivity contribution in [2.75, 3.05) is 14.2 Å². The first-order valence-electron chi connectivity index (χ1n) is 4.39. The van der Waals surface area contributed by atoms with E-state index in [9.17, 15) is 4.79 Å². The third kappa shape index (κ3) is 2.52. The van der Waals surface area contributed by atoms with Crippen LogP contribution in [0.1, 0.15) is 15.9 Å². The summed E-state index contributed by atoms with van der Waals surface area (Å²) in [7, 11) is 2.74. The smallest absolute Gasteiger partial charge is 0.341 e. The lowest BCUT2D eigenvalue weighted by atomic mass is 10.1. The molecule has 0 bridgehead atoms. The number of nitriles is 1. The normalized spacial score (nSPS) is 8.31. The van der Waals surface area contributed by atoms with E-state index in [-0.39, 0.29) is 0 Å². The average Bonchev–Trinajstić information content (AvgIpc) is 2.34. The van der Waals surface area contributed by atoms with Gasteiger partial charge in [0.25, 0.3) is 0 Å². The van der Waals surface area contributed by atoms with E-state index in [4.69, 9.17) is 10.00 Å². The summed E-state index contributed by atoms with van der Waals surface area (Å²) in [6.45, 7) is 0. The zero-order valence-corrected chi connectivity index (χ0v) is 8.90. The molecule has 0 aliphatic heterocycles. The Hall–Kier alpha value is -2.46. The van der Waals surface area contributed by atoms with Gasteiger partial charge in [0.2, 0.25) is 0 Å². The minimum Gasteiger partial charge on any atom is -0.496 e. The number of hydrogen-bond acceptors (Lipinski definition) is 4. The van der Waals surface area contributed by atoms with E-state index < -0.39 is 5.97 Å². The second kappa shape index (κ2) is 5.43. The van der Waals surface area contributed by atoms with Gasteiger partial charge in [0.05, 0.1) is 14.2 Å². The molecule has 0 fully saturated rings. The molecule has 0 atom stereocenters. The van der Waals surface area contributed by atoms with E-state index in [0.717, 1.165) is 0 Å². The van der Waals surface area contributed by atoms with Crippen LogP contribution in [0.3, 0.4) is 0 Å². The maximum absolute atomic E-state index is 11.3. The van der Waals surface area contributed by atoms with Crippen LogP contribution in [0, 0.1) is 23.2 Å². The van der Waals surface area contributed by atoms with Crippen LogP contribution < -0.4 is 4.74 Å². The van der Waals surface area contributed by atoms with E-state index in [2.05, 4.69) is 16.6 Å². The van der Waals surface area contributed by atoms with Crippen LogP contribution in [-0.4, -0.2) is 20.2 Å². The Balaban J connectivity index is 3.17. The Labute approximate surface area is 93.4 Å². The molecule has 16 heavy (non-hydrogen) atoms. The molecule has 0 aromatic heterocycles. The number of benzene rings is 1. The number of methoxy groups -OCH3 is 2. The number of nitrogens with zero attached hydrogens (tertiary/aromatic N) is 1. The summed E-state index contributed by atoms with van der Waals surface area (Å²) in [5, 5.41) is 8.31. The first-order chi connectivity index (χ1) is 7.72. The molecule has 0 radical (unpaired) electrons. The topological polar surface area (TPSA) is 59.3 Å². The van der Waals surface area contributed by atoms with Crippen molar-refractivity contribution in [2.24, 2.45) is 0 Å². The Morgan fingerprint density at radius 3 is 2.69 bits per heavy atom. The summed E-state index contributed by atoms with van der Waals surface area (Å²) in [5.74, 6) is 4.77. The average molecular weight is 215 g/mol. The molecule has 0 saturated heterocycles. The molecule has 0 unspecified atom stereocenters. The zero-order chi connectivity index (χ0) is 12.0. The third-order valence-electron chi connectivity index (χ3n) is 1.87. The monoisotopic (exact) mass is 215 g/mol.